The third-order valence-electron chi connectivity index (χ3n) is 4.33. The highest BCUT2D eigenvalue weighted by atomic mass is 79.9. The summed E-state index contributed by atoms with van der Waals surface area (Å²) in [6.07, 6.45) is 2.52. The molecule has 0 aliphatic carbocycles. The summed E-state index contributed by atoms with van der Waals surface area (Å²) in [6.45, 7) is 5.80. The van der Waals surface area contributed by atoms with Gasteiger partial charge in [0.05, 0.1) is 5.52 Å². The second kappa shape index (κ2) is 5.72. The van der Waals surface area contributed by atoms with Gasteiger partial charge in [-0.15, -0.1) is 0 Å². The van der Waals surface area contributed by atoms with E-state index in [1.165, 1.54) is 29.6 Å². The van der Waals surface area contributed by atoms with Gasteiger partial charge in [0.1, 0.15) is 5.82 Å². The van der Waals surface area contributed by atoms with Crippen LogP contribution in [0, 0.1) is 5.92 Å². The zero-order chi connectivity index (χ0) is 14.1. The fourth-order valence-corrected chi connectivity index (χ4v) is 3.63. The van der Waals surface area contributed by atoms with Crippen molar-refractivity contribution in [3.05, 3.63) is 35.9 Å². The Labute approximate surface area is 129 Å². The molecule has 0 bridgehead atoms. The molecule has 2 atom stereocenters. The molecule has 1 aromatic heterocycles. The maximum atomic E-state index is 4.94. The smallest absolute Gasteiger partial charge is 0.133 e. The number of alkyl halides is 1. The number of fused-ring (bicyclic) bond motifs is 1. The molecular formula is C17H21BrN2. The summed E-state index contributed by atoms with van der Waals surface area (Å²) >= 11 is 3.63. The molecule has 2 nitrogen and oxygen atoms in total. The Morgan fingerprint density at radius 3 is 2.85 bits per heavy atom. The first-order valence-corrected chi connectivity index (χ1v) is 8.52. The third-order valence-corrected chi connectivity index (χ3v) is 4.94. The lowest BCUT2D eigenvalue weighted by Crippen LogP contribution is -2.41. The van der Waals surface area contributed by atoms with Crippen molar-refractivity contribution in [2.75, 3.05) is 11.4 Å². The van der Waals surface area contributed by atoms with Gasteiger partial charge < -0.3 is 4.90 Å². The van der Waals surface area contributed by atoms with Crippen molar-refractivity contribution in [3.63, 3.8) is 0 Å². The average Bonchev–Trinajstić information content (AvgIpc) is 2.46. The van der Waals surface area contributed by atoms with Crippen LogP contribution < -0.4 is 4.90 Å². The van der Waals surface area contributed by atoms with Gasteiger partial charge in [0.25, 0.3) is 0 Å². The third kappa shape index (κ3) is 2.56. The lowest BCUT2D eigenvalue weighted by Gasteiger charge is -2.38. The molecule has 3 rings (SSSR count). The van der Waals surface area contributed by atoms with Gasteiger partial charge in [-0.2, -0.15) is 0 Å². The number of pyridine rings is 1. The molecule has 0 radical (unpaired) electrons. The summed E-state index contributed by atoms with van der Waals surface area (Å²) in [4.78, 5) is 7.43. The molecule has 2 aromatic rings. The maximum Gasteiger partial charge on any atom is 0.133 e. The molecule has 1 fully saturated rings. The van der Waals surface area contributed by atoms with Gasteiger partial charge in [-0.1, -0.05) is 41.1 Å². The lowest BCUT2D eigenvalue weighted by atomic mass is 9.93. The zero-order valence-electron chi connectivity index (χ0n) is 12.1. The topological polar surface area (TPSA) is 16.1 Å². The van der Waals surface area contributed by atoms with Gasteiger partial charge in [-0.05, 0) is 37.8 Å². The number of piperidine rings is 1. The highest BCUT2D eigenvalue weighted by Crippen LogP contribution is 2.31. The van der Waals surface area contributed by atoms with E-state index in [1.807, 2.05) is 0 Å². The van der Waals surface area contributed by atoms with Crippen LogP contribution in [-0.2, 0) is 5.33 Å². The summed E-state index contributed by atoms with van der Waals surface area (Å²) in [5.41, 5.74) is 2.39. The van der Waals surface area contributed by atoms with E-state index in [1.54, 1.807) is 0 Å². The van der Waals surface area contributed by atoms with Gasteiger partial charge in [0.2, 0.25) is 0 Å². The van der Waals surface area contributed by atoms with Crippen LogP contribution in [0.4, 0.5) is 5.82 Å². The second-order valence-electron chi connectivity index (χ2n) is 5.97. The standard InChI is InChI=1S/C17H21BrN2/c1-12-7-8-20(13(2)9-12)17-15(11-18)10-14-5-3-4-6-16(14)19-17/h3-6,10,12-13H,7-9,11H2,1-2H3. The Balaban J connectivity index is 2.05. The van der Waals surface area contributed by atoms with Gasteiger partial charge in [-0.25, -0.2) is 4.98 Å². The van der Waals surface area contributed by atoms with Crippen LogP contribution in [0.5, 0.6) is 0 Å². The summed E-state index contributed by atoms with van der Waals surface area (Å²) in [5, 5.41) is 2.09. The summed E-state index contributed by atoms with van der Waals surface area (Å²) in [6, 6.07) is 11.2. The van der Waals surface area contributed by atoms with Crippen molar-refractivity contribution in [2.45, 2.75) is 38.1 Å². The maximum absolute atomic E-state index is 4.94. The van der Waals surface area contributed by atoms with Crippen molar-refractivity contribution in [2.24, 2.45) is 5.92 Å². The van der Waals surface area contributed by atoms with Crippen LogP contribution in [0.3, 0.4) is 0 Å². The molecule has 20 heavy (non-hydrogen) atoms. The SMILES string of the molecule is CC1CCN(c2nc3ccccc3cc2CBr)C(C)C1. The number of hydrogen-bond acceptors (Lipinski definition) is 2. The predicted octanol–water partition coefficient (Wildman–Crippen LogP) is 4.75. The largest absolute Gasteiger partial charge is 0.354 e. The average molecular weight is 333 g/mol. The second-order valence-corrected chi connectivity index (χ2v) is 6.53. The van der Waals surface area contributed by atoms with E-state index in [9.17, 15) is 0 Å². The van der Waals surface area contributed by atoms with E-state index < -0.39 is 0 Å². The highest BCUT2D eigenvalue weighted by molar-refractivity contribution is 9.08. The molecule has 3 heteroatoms. The fraction of sp³-hybridized carbons (Fsp3) is 0.471. The van der Waals surface area contributed by atoms with E-state index in [0.29, 0.717) is 6.04 Å². The van der Waals surface area contributed by atoms with E-state index in [0.717, 1.165) is 23.3 Å². The number of nitrogens with zero attached hydrogens (tertiary/aromatic N) is 2. The van der Waals surface area contributed by atoms with Crippen LogP contribution in [0.15, 0.2) is 30.3 Å². The number of benzene rings is 1. The quantitative estimate of drug-likeness (QED) is 0.737. The van der Waals surface area contributed by atoms with Crippen LogP contribution >= 0.6 is 15.9 Å². The summed E-state index contributed by atoms with van der Waals surface area (Å²) < 4.78 is 0. The Hall–Kier alpha value is -1.09. The molecule has 1 saturated heterocycles. The van der Waals surface area contributed by atoms with E-state index >= 15 is 0 Å². The van der Waals surface area contributed by atoms with Crippen molar-refractivity contribution in [3.8, 4) is 0 Å². The molecule has 0 spiro atoms. The molecule has 1 aliphatic heterocycles. The Morgan fingerprint density at radius 1 is 1.30 bits per heavy atom. The van der Waals surface area contributed by atoms with Gasteiger partial charge in [-0.3, -0.25) is 0 Å². The highest BCUT2D eigenvalue weighted by Gasteiger charge is 2.25. The van der Waals surface area contributed by atoms with Crippen molar-refractivity contribution in [1.82, 2.24) is 4.98 Å². The predicted molar refractivity (Wildman–Crippen MR) is 89.6 cm³/mol. The molecule has 1 aliphatic rings. The fourth-order valence-electron chi connectivity index (χ4n) is 3.22. The minimum Gasteiger partial charge on any atom is -0.354 e. The van der Waals surface area contributed by atoms with Crippen LogP contribution in [-0.4, -0.2) is 17.6 Å². The normalized spacial score (nSPS) is 23.2. The number of rotatable bonds is 2. The number of anilines is 1. The van der Waals surface area contributed by atoms with Gasteiger partial charge in [0.15, 0.2) is 0 Å². The van der Waals surface area contributed by atoms with Crippen LogP contribution in [0.25, 0.3) is 10.9 Å². The van der Waals surface area contributed by atoms with Crippen molar-refractivity contribution < 1.29 is 0 Å². The molecule has 1 aromatic carbocycles. The first-order chi connectivity index (χ1) is 9.69. The minimum absolute atomic E-state index is 0.574. The van der Waals surface area contributed by atoms with E-state index in [4.69, 9.17) is 4.98 Å². The van der Waals surface area contributed by atoms with Crippen molar-refractivity contribution in [1.29, 1.82) is 0 Å². The molecule has 106 valence electrons. The first-order valence-electron chi connectivity index (χ1n) is 7.40. The molecule has 0 amide bonds. The van der Waals surface area contributed by atoms with Crippen LogP contribution in [0.2, 0.25) is 0 Å². The van der Waals surface area contributed by atoms with E-state index in [-0.39, 0.29) is 0 Å². The Kier molecular flexibility index (Phi) is 3.97. The number of aromatic nitrogens is 1. The Morgan fingerprint density at radius 2 is 2.10 bits per heavy atom. The zero-order valence-corrected chi connectivity index (χ0v) is 13.7. The minimum atomic E-state index is 0.574. The lowest BCUT2D eigenvalue weighted by molar-refractivity contribution is 0.376. The monoisotopic (exact) mass is 332 g/mol. The van der Waals surface area contributed by atoms with Crippen molar-refractivity contribution >= 4 is 32.7 Å². The molecular weight excluding hydrogens is 312 g/mol. The summed E-state index contributed by atoms with van der Waals surface area (Å²) in [5.74, 6) is 1.99. The van der Waals surface area contributed by atoms with Gasteiger partial charge >= 0.3 is 0 Å². The molecule has 2 heterocycles. The number of para-hydroxylation sites is 1. The molecule has 0 saturated carbocycles. The number of halogens is 1. The molecule has 2 unspecified atom stereocenters. The molecule has 0 N–H and O–H groups in total. The summed E-state index contributed by atoms with van der Waals surface area (Å²) in [7, 11) is 0. The van der Waals surface area contributed by atoms with E-state index in [2.05, 4.69) is 65.0 Å². The number of hydrogen-bond donors (Lipinski definition) is 0. The first kappa shape index (κ1) is 13.9. The van der Waals surface area contributed by atoms with Crippen LogP contribution in [0.1, 0.15) is 32.3 Å². The Bertz CT molecular complexity index is 611. The van der Waals surface area contributed by atoms with Gasteiger partial charge in [0, 0.05) is 28.9 Å².